The Kier molecular flexibility index (Phi) is 8.28. The zero-order chi connectivity index (χ0) is 45.9. The van der Waals surface area contributed by atoms with Crippen LogP contribution in [0.1, 0.15) is 22.3 Å². The van der Waals surface area contributed by atoms with E-state index in [1.165, 1.54) is 65.7 Å². The fourth-order valence-electron chi connectivity index (χ4n) is 12.2. The molecule has 0 spiro atoms. The Morgan fingerprint density at radius 2 is 0.829 bits per heavy atom. The van der Waals surface area contributed by atoms with Crippen LogP contribution >= 0.6 is 0 Å². The van der Waals surface area contributed by atoms with Crippen LogP contribution in [0.15, 0.2) is 258 Å². The van der Waals surface area contributed by atoms with Crippen LogP contribution in [0.5, 0.6) is 0 Å². The lowest BCUT2D eigenvalue weighted by Gasteiger charge is -2.35. The molecular weight excluding hydrogens is 851 g/mol. The highest BCUT2D eigenvalue weighted by Crippen LogP contribution is 2.58. The number of furan rings is 2. The summed E-state index contributed by atoms with van der Waals surface area (Å²) in [4.78, 5) is 2.41. The summed E-state index contributed by atoms with van der Waals surface area (Å²) < 4.78 is 13.8. The molecular formula is C67H41NO2. The second kappa shape index (κ2) is 14.9. The SMILES string of the molecule is c1ccc(N(c2ccc3c(c2)C(c2ccccc2)(c2ccccc2)c2ccccc2-3)c2cc(-c3ccc4c5ccccc5c5ccccc5c4c3)cc3c2oc2ccc4oc5ccccc5c4c23)cc1. The van der Waals surface area contributed by atoms with Crippen molar-refractivity contribution in [1.82, 2.24) is 0 Å². The monoisotopic (exact) mass is 891 g/mol. The van der Waals surface area contributed by atoms with E-state index in [2.05, 4.69) is 248 Å². The van der Waals surface area contributed by atoms with E-state index in [0.717, 1.165) is 72.1 Å². The molecule has 2 aromatic heterocycles. The number of rotatable bonds is 6. The average Bonchev–Trinajstić information content (AvgIpc) is 4.10. The van der Waals surface area contributed by atoms with E-state index >= 15 is 0 Å². The Bertz CT molecular complexity index is 4340. The third kappa shape index (κ3) is 5.46. The van der Waals surface area contributed by atoms with Gasteiger partial charge >= 0.3 is 0 Å². The Balaban J connectivity index is 1.05. The van der Waals surface area contributed by atoms with Crippen molar-refractivity contribution in [3.63, 3.8) is 0 Å². The zero-order valence-corrected chi connectivity index (χ0v) is 37.9. The number of para-hydroxylation sites is 2. The lowest BCUT2D eigenvalue weighted by Crippen LogP contribution is -2.28. The molecule has 0 bridgehead atoms. The molecule has 12 aromatic carbocycles. The maximum Gasteiger partial charge on any atom is 0.159 e. The number of fused-ring (bicyclic) bond motifs is 16. The first kappa shape index (κ1) is 38.9. The molecule has 326 valence electrons. The molecule has 1 aliphatic carbocycles. The third-order valence-corrected chi connectivity index (χ3v) is 15.1. The predicted octanol–water partition coefficient (Wildman–Crippen LogP) is 18.4. The minimum Gasteiger partial charge on any atom is -0.456 e. The van der Waals surface area contributed by atoms with Crippen molar-refractivity contribution in [2.45, 2.75) is 5.41 Å². The van der Waals surface area contributed by atoms with Crippen LogP contribution in [-0.2, 0) is 5.41 Å². The average molecular weight is 892 g/mol. The maximum atomic E-state index is 7.24. The first-order chi connectivity index (χ1) is 34.7. The normalized spacial score (nSPS) is 13.0. The second-order valence-corrected chi connectivity index (χ2v) is 18.7. The molecule has 0 saturated heterocycles. The molecule has 15 rings (SSSR count). The third-order valence-electron chi connectivity index (χ3n) is 15.1. The summed E-state index contributed by atoms with van der Waals surface area (Å²) in [5, 5.41) is 11.7. The molecule has 0 atom stereocenters. The van der Waals surface area contributed by atoms with Crippen LogP contribution in [0.4, 0.5) is 17.1 Å². The summed E-state index contributed by atoms with van der Waals surface area (Å²) in [6, 6.07) is 90.6. The highest BCUT2D eigenvalue weighted by Gasteiger charge is 2.46. The minimum atomic E-state index is -0.574. The molecule has 3 nitrogen and oxygen atoms in total. The molecule has 0 fully saturated rings. The van der Waals surface area contributed by atoms with Crippen molar-refractivity contribution in [3.8, 4) is 22.3 Å². The molecule has 1 aliphatic rings. The lowest BCUT2D eigenvalue weighted by molar-refractivity contribution is 0.663. The molecule has 3 heteroatoms. The van der Waals surface area contributed by atoms with Gasteiger partial charge in [0.1, 0.15) is 16.7 Å². The van der Waals surface area contributed by atoms with Gasteiger partial charge in [0.2, 0.25) is 0 Å². The standard InChI is InChI=1S/C67H41NO2/c1-4-18-44(19-5-1)67(45-20-6-2-7-21-45)58-30-16-14-28-53(58)54-35-33-47(41-59(54)67)68(46-22-8-3-9-23-46)60-40-43(39-57-65-63(70-66(57)60)37-36-62-64(65)55-29-15-17-31-61(55)69-62)42-32-34-52-50-26-11-10-24-48(50)49-25-12-13-27-51(49)56(52)38-42/h1-41H. The molecule has 0 N–H and O–H groups in total. The summed E-state index contributed by atoms with van der Waals surface area (Å²) in [6.45, 7) is 0. The maximum absolute atomic E-state index is 7.24. The van der Waals surface area contributed by atoms with Crippen LogP contribution in [0.25, 0.3) is 98.4 Å². The van der Waals surface area contributed by atoms with Gasteiger partial charge in [0, 0.05) is 32.9 Å². The molecule has 2 heterocycles. The van der Waals surface area contributed by atoms with Crippen molar-refractivity contribution >= 4 is 93.3 Å². The van der Waals surface area contributed by atoms with Gasteiger partial charge in [0.15, 0.2) is 5.58 Å². The topological polar surface area (TPSA) is 29.5 Å². The Morgan fingerprint density at radius 3 is 1.53 bits per heavy atom. The van der Waals surface area contributed by atoms with Gasteiger partial charge in [-0.05, 0) is 137 Å². The second-order valence-electron chi connectivity index (χ2n) is 18.7. The van der Waals surface area contributed by atoms with E-state index in [-0.39, 0.29) is 0 Å². The number of benzene rings is 12. The molecule has 0 radical (unpaired) electrons. The summed E-state index contributed by atoms with van der Waals surface area (Å²) in [5.74, 6) is 0. The Labute approximate surface area is 403 Å². The van der Waals surface area contributed by atoms with Crippen molar-refractivity contribution in [2.24, 2.45) is 0 Å². The van der Waals surface area contributed by atoms with Crippen molar-refractivity contribution < 1.29 is 8.83 Å². The van der Waals surface area contributed by atoms with Crippen LogP contribution in [0.3, 0.4) is 0 Å². The fraction of sp³-hybridized carbons (Fsp3) is 0.0149. The first-order valence-electron chi connectivity index (χ1n) is 24.1. The van der Waals surface area contributed by atoms with Crippen LogP contribution < -0.4 is 4.90 Å². The van der Waals surface area contributed by atoms with Crippen LogP contribution in [0, 0.1) is 0 Å². The first-order valence-corrected chi connectivity index (χ1v) is 24.1. The number of hydrogen-bond donors (Lipinski definition) is 0. The van der Waals surface area contributed by atoms with Gasteiger partial charge in [-0.1, -0.05) is 188 Å². The van der Waals surface area contributed by atoms with Gasteiger partial charge in [-0.2, -0.15) is 0 Å². The van der Waals surface area contributed by atoms with Gasteiger partial charge in [-0.3, -0.25) is 0 Å². The number of hydrogen-bond acceptors (Lipinski definition) is 3. The summed E-state index contributed by atoms with van der Waals surface area (Å²) >= 11 is 0. The van der Waals surface area contributed by atoms with E-state index in [0.29, 0.717) is 0 Å². The zero-order valence-electron chi connectivity index (χ0n) is 37.9. The Hall–Kier alpha value is -9.18. The van der Waals surface area contributed by atoms with Crippen molar-refractivity contribution in [1.29, 1.82) is 0 Å². The van der Waals surface area contributed by atoms with Gasteiger partial charge in [-0.15, -0.1) is 0 Å². The lowest BCUT2D eigenvalue weighted by atomic mass is 9.67. The van der Waals surface area contributed by atoms with E-state index < -0.39 is 5.41 Å². The van der Waals surface area contributed by atoms with Gasteiger partial charge in [-0.25, -0.2) is 0 Å². The summed E-state index contributed by atoms with van der Waals surface area (Å²) in [7, 11) is 0. The van der Waals surface area contributed by atoms with Gasteiger partial charge < -0.3 is 13.7 Å². The molecule has 70 heavy (non-hydrogen) atoms. The smallest absolute Gasteiger partial charge is 0.159 e. The number of anilines is 3. The molecule has 0 saturated carbocycles. The quantitative estimate of drug-likeness (QED) is 0.156. The molecule has 0 amide bonds. The minimum absolute atomic E-state index is 0.574. The summed E-state index contributed by atoms with van der Waals surface area (Å²) in [6.07, 6.45) is 0. The number of nitrogens with zero attached hydrogens (tertiary/aromatic N) is 1. The van der Waals surface area contributed by atoms with Crippen molar-refractivity contribution in [3.05, 3.63) is 271 Å². The Morgan fingerprint density at radius 1 is 0.300 bits per heavy atom. The largest absolute Gasteiger partial charge is 0.456 e. The predicted molar refractivity (Wildman–Crippen MR) is 291 cm³/mol. The van der Waals surface area contributed by atoms with Gasteiger partial charge in [0.05, 0.1) is 11.1 Å². The highest BCUT2D eigenvalue weighted by molar-refractivity contribution is 6.28. The molecule has 14 aromatic rings. The summed E-state index contributed by atoms with van der Waals surface area (Å²) in [5.41, 5.74) is 15.4. The van der Waals surface area contributed by atoms with Gasteiger partial charge in [0.25, 0.3) is 0 Å². The van der Waals surface area contributed by atoms with E-state index in [4.69, 9.17) is 8.83 Å². The molecule has 0 unspecified atom stereocenters. The van der Waals surface area contributed by atoms with E-state index in [1.54, 1.807) is 0 Å². The fourth-order valence-corrected chi connectivity index (χ4v) is 12.2. The van der Waals surface area contributed by atoms with Crippen LogP contribution in [0.2, 0.25) is 0 Å². The van der Waals surface area contributed by atoms with Crippen molar-refractivity contribution in [2.75, 3.05) is 4.90 Å². The van der Waals surface area contributed by atoms with E-state index in [9.17, 15) is 0 Å². The molecule has 0 aliphatic heterocycles. The van der Waals surface area contributed by atoms with Crippen LogP contribution in [-0.4, -0.2) is 0 Å². The van der Waals surface area contributed by atoms with E-state index in [1.807, 2.05) is 6.07 Å². The highest BCUT2D eigenvalue weighted by atomic mass is 16.3.